The van der Waals surface area contributed by atoms with Crippen LogP contribution in [-0.4, -0.2) is 21.2 Å². The molecule has 0 saturated carbocycles. The van der Waals surface area contributed by atoms with Gasteiger partial charge in [0, 0.05) is 30.2 Å². The van der Waals surface area contributed by atoms with Gasteiger partial charge >= 0.3 is 0 Å². The van der Waals surface area contributed by atoms with Gasteiger partial charge in [-0.3, -0.25) is 14.8 Å². The molecule has 6 nitrogen and oxygen atoms in total. The Labute approximate surface area is 91.1 Å². The molecule has 2 heterocycles. The van der Waals surface area contributed by atoms with E-state index in [0.717, 1.165) is 5.56 Å². The zero-order valence-electron chi connectivity index (χ0n) is 8.29. The molecular weight excluding hydrogens is 206 g/mol. The fourth-order valence-electron chi connectivity index (χ4n) is 1.05. The van der Waals surface area contributed by atoms with Crippen molar-refractivity contribution in [3.05, 3.63) is 52.7 Å². The molecule has 6 heteroatoms. The highest BCUT2D eigenvalue weighted by Gasteiger charge is 1.90. The summed E-state index contributed by atoms with van der Waals surface area (Å²) in [7, 11) is 0. The Morgan fingerprint density at radius 3 is 3.06 bits per heavy atom. The number of rotatable bonds is 3. The molecule has 0 fully saturated rings. The summed E-state index contributed by atoms with van der Waals surface area (Å²) in [5.74, 6) is 0.299. The molecule has 0 amide bonds. The minimum Gasteiger partial charge on any atom is -0.291 e. The van der Waals surface area contributed by atoms with E-state index in [-0.39, 0.29) is 5.56 Å². The third kappa shape index (κ3) is 2.74. The van der Waals surface area contributed by atoms with Gasteiger partial charge in [0.05, 0.1) is 6.21 Å². The van der Waals surface area contributed by atoms with Crippen molar-refractivity contribution >= 4 is 12.2 Å². The Hall–Kier alpha value is -2.50. The first-order valence-electron chi connectivity index (χ1n) is 4.59. The van der Waals surface area contributed by atoms with Gasteiger partial charge in [0.2, 0.25) is 5.95 Å². The number of hydrogen-bond donors (Lipinski definition) is 2. The molecule has 2 rings (SSSR count). The number of hydrazone groups is 1. The predicted molar refractivity (Wildman–Crippen MR) is 60.3 cm³/mol. The highest BCUT2D eigenvalue weighted by Crippen LogP contribution is 1.93. The van der Waals surface area contributed by atoms with Crippen LogP contribution in [0.2, 0.25) is 0 Å². The van der Waals surface area contributed by atoms with Crippen LogP contribution in [0, 0.1) is 0 Å². The van der Waals surface area contributed by atoms with E-state index >= 15 is 0 Å². The van der Waals surface area contributed by atoms with Gasteiger partial charge in [-0.2, -0.15) is 5.10 Å². The van der Waals surface area contributed by atoms with Crippen molar-refractivity contribution in [2.24, 2.45) is 5.10 Å². The molecule has 0 aromatic carbocycles. The fourth-order valence-corrected chi connectivity index (χ4v) is 1.05. The Morgan fingerprint density at radius 2 is 2.31 bits per heavy atom. The van der Waals surface area contributed by atoms with Crippen LogP contribution in [0.15, 0.2) is 46.7 Å². The van der Waals surface area contributed by atoms with Crippen LogP contribution < -0.4 is 11.0 Å². The topological polar surface area (TPSA) is 83.0 Å². The quantitative estimate of drug-likeness (QED) is 0.580. The summed E-state index contributed by atoms with van der Waals surface area (Å²) in [6, 6.07) is 5.00. The number of aromatic nitrogens is 3. The maximum absolute atomic E-state index is 10.9. The van der Waals surface area contributed by atoms with Gasteiger partial charge in [0.1, 0.15) is 0 Å². The Kier molecular flexibility index (Phi) is 3.03. The molecule has 0 aliphatic rings. The average molecular weight is 215 g/mol. The van der Waals surface area contributed by atoms with Crippen LogP contribution in [-0.2, 0) is 0 Å². The van der Waals surface area contributed by atoms with Crippen molar-refractivity contribution in [3.63, 3.8) is 0 Å². The van der Waals surface area contributed by atoms with Gasteiger partial charge in [-0.05, 0) is 6.07 Å². The molecule has 0 saturated heterocycles. The number of aromatic amines is 1. The molecule has 0 aliphatic heterocycles. The number of hydrogen-bond acceptors (Lipinski definition) is 5. The smallest absolute Gasteiger partial charge is 0.252 e. The third-order valence-electron chi connectivity index (χ3n) is 1.74. The summed E-state index contributed by atoms with van der Waals surface area (Å²) in [5, 5.41) is 3.91. The minimum absolute atomic E-state index is 0.228. The Balaban J connectivity index is 2.03. The van der Waals surface area contributed by atoms with Crippen molar-refractivity contribution in [1.29, 1.82) is 0 Å². The van der Waals surface area contributed by atoms with Gasteiger partial charge in [-0.25, -0.2) is 10.4 Å². The van der Waals surface area contributed by atoms with Crippen molar-refractivity contribution in [1.82, 2.24) is 15.0 Å². The standard InChI is InChI=1S/C10H9N5O/c16-9-3-5-12-10(14-9)15-13-7-8-2-1-4-11-6-8/h1-7H,(H2,12,14,15,16)/b13-7-. The summed E-state index contributed by atoms with van der Waals surface area (Å²) >= 11 is 0. The molecule has 0 spiro atoms. The molecule has 0 radical (unpaired) electrons. The Morgan fingerprint density at radius 1 is 1.38 bits per heavy atom. The first kappa shape index (κ1) is 10.0. The van der Waals surface area contributed by atoms with E-state index in [1.165, 1.54) is 12.3 Å². The summed E-state index contributed by atoms with van der Waals surface area (Å²) in [6.45, 7) is 0. The highest BCUT2D eigenvalue weighted by molar-refractivity contribution is 5.79. The first-order valence-corrected chi connectivity index (χ1v) is 4.59. The van der Waals surface area contributed by atoms with E-state index in [2.05, 4.69) is 25.5 Å². The van der Waals surface area contributed by atoms with E-state index < -0.39 is 0 Å². The summed E-state index contributed by atoms with van der Waals surface area (Å²) in [5.41, 5.74) is 3.24. The van der Waals surface area contributed by atoms with Crippen LogP contribution in [0.4, 0.5) is 5.95 Å². The van der Waals surface area contributed by atoms with Gasteiger partial charge in [-0.15, -0.1) is 0 Å². The molecule has 2 aromatic heterocycles. The van der Waals surface area contributed by atoms with Crippen LogP contribution in [0.1, 0.15) is 5.56 Å². The molecule has 0 bridgehead atoms. The lowest BCUT2D eigenvalue weighted by Crippen LogP contribution is -2.07. The van der Waals surface area contributed by atoms with Gasteiger partial charge in [0.25, 0.3) is 5.56 Å². The molecule has 0 aliphatic carbocycles. The minimum atomic E-state index is -0.228. The van der Waals surface area contributed by atoms with Crippen molar-refractivity contribution < 1.29 is 0 Å². The monoisotopic (exact) mass is 215 g/mol. The largest absolute Gasteiger partial charge is 0.291 e. The van der Waals surface area contributed by atoms with Crippen LogP contribution in [0.3, 0.4) is 0 Å². The average Bonchev–Trinajstić information content (AvgIpc) is 2.30. The first-order chi connectivity index (χ1) is 7.84. The molecule has 80 valence electrons. The van der Waals surface area contributed by atoms with E-state index in [1.807, 2.05) is 12.1 Å². The van der Waals surface area contributed by atoms with Crippen molar-refractivity contribution in [2.75, 3.05) is 5.43 Å². The second-order valence-corrected chi connectivity index (χ2v) is 2.94. The summed E-state index contributed by atoms with van der Waals surface area (Å²) < 4.78 is 0. The molecule has 2 aromatic rings. The lowest BCUT2D eigenvalue weighted by atomic mass is 10.3. The van der Waals surface area contributed by atoms with Crippen LogP contribution in [0.25, 0.3) is 0 Å². The van der Waals surface area contributed by atoms with Crippen molar-refractivity contribution in [3.8, 4) is 0 Å². The highest BCUT2D eigenvalue weighted by atomic mass is 16.1. The third-order valence-corrected chi connectivity index (χ3v) is 1.74. The van der Waals surface area contributed by atoms with E-state index in [0.29, 0.717) is 5.95 Å². The van der Waals surface area contributed by atoms with Gasteiger partial charge in [-0.1, -0.05) is 6.07 Å². The number of pyridine rings is 1. The van der Waals surface area contributed by atoms with Crippen LogP contribution in [0.5, 0.6) is 0 Å². The second kappa shape index (κ2) is 4.83. The molecule has 0 unspecified atom stereocenters. The van der Waals surface area contributed by atoms with Crippen molar-refractivity contribution in [2.45, 2.75) is 0 Å². The summed E-state index contributed by atoms with van der Waals surface area (Å²) in [6.07, 6.45) is 6.34. The van der Waals surface area contributed by atoms with Gasteiger partial charge < -0.3 is 0 Å². The Bertz CT molecular complexity index is 534. The normalized spacial score (nSPS) is 10.5. The molecular formula is C10H9N5O. The zero-order chi connectivity index (χ0) is 11.2. The maximum atomic E-state index is 10.9. The zero-order valence-corrected chi connectivity index (χ0v) is 8.29. The predicted octanol–water partition coefficient (Wildman–Crippen LogP) is 0.611. The maximum Gasteiger partial charge on any atom is 0.252 e. The lowest BCUT2D eigenvalue weighted by Gasteiger charge is -1.96. The molecule has 16 heavy (non-hydrogen) atoms. The number of H-pyrrole nitrogens is 1. The lowest BCUT2D eigenvalue weighted by molar-refractivity contribution is 1.08. The number of anilines is 1. The second-order valence-electron chi connectivity index (χ2n) is 2.94. The SMILES string of the molecule is O=c1ccnc(N/N=C\c2cccnc2)[nH]1. The molecule has 2 N–H and O–H groups in total. The number of nitrogens with zero attached hydrogens (tertiary/aromatic N) is 3. The van der Waals surface area contributed by atoms with E-state index in [4.69, 9.17) is 0 Å². The summed E-state index contributed by atoms with van der Waals surface area (Å²) in [4.78, 5) is 21.2. The fraction of sp³-hybridized carbons (Fsp3) is 0. The van der Waals surface area contributed by atoms with Crippen LogP contribution >= 0.6 is 0 Å². The van der Waals surface area contributed by atoms with E-state index in [9.17, 15) is 4.79 Å². The van der Waals surface area contributed by atoms with E-state index in [1.54, 1.807) is 18.6 Å². The number of nitrogens with one attached hydrogen (secondary N) is 2. The van der Waals surface area contributed by atoms with Gasteiger partial charge in [0.15, 0.2) is 0 Å². The molecule has 0 atom stereocenters.